The summed E-state index contributed by atoms with van der Waals surface area (Å²) in [6.07, 6.45) is 2.00. The van der Waals surface area contributed by atoms with E-state index < -0.39 is 0 Å². The molecule has 1 saturated heterocycles. The predicted octanol–water partition coefficient (Wildman–Crippen LogP) is 2.09. The molecule has 1 aromatic carbocycles. The number of hydrogen-bond acceptors (Lipinski definition) is 3. The normalized spacial score (nSPS) is 17.4. The maximum absolute atomic E-state index is 12.5. The van der Waals surface area contributed by atoms with Gasteiger partial charge < -0.3 is 15.5 Å². The third-order valence-electron chi connectivity index (χ3n) is 3.80. The molecule has 0 atom stereocenters. The lowest BCUT2D eigenvalue weighted by atomic mass is 10.0. The first-order chi connectivity index (χ1) is 8.99. The molecule has 5 heteroatoms. The van der Waals surface area contributed by atoms with Crippen molar-refractivity contribution in [2.24, 2.45) is 0 Å². The lowest BCUT2D eigenvalue weighted by molar-refractivity contribution is 0.0660. The number of hydrogen-bond donors (Lipinski definition) is 1. The van der Waals surface area contributed by atoms with E-state index in [2.05, 4.69) is 11.9 Å². The minimum atomic E-state index is -0.0467. The number of carbonyl (C=O) groups excluding carboxylic acids is 1. The summed E-state index contributed by atoms with van der Waals surface area (Å²) >= 11 is 5.94. The van der Waals surface area contributed by atoms with Gasteiger partial charge in [0.05, 0.1) is 5.56 Å². The van der Waals surface area contributed by atoms with Gasteiger partial charge >= 0.3 is 0 Å². The largest absolute Gasteiger partial charge is 0.398 e. The van der Waals surface area contributed by atoms with Crippen molar-refractivity contribution in [1.29, 1.82) is 0 Å². The molecule has 0 saturated carbocycles. The monoisotopic (exact) mass is 281 g/mol. The highest BCUT2D eigenvalue weighted by atomic mass is 35.5. The standard InChI is InChI=1S/C14H20ClN3O/c1-17-7-5-11(6-8-17)18(2)14(19)12-9-10(15)3-4-13(12)16/h3-4,9,11H,5-8,16H2,1-2H3. The summed E-state index contributed by atoms with van der Waals surface area (Å²) in [6.45, 7) is 2.04. The first-order valence-corrected chi connectivity index (χ1v) is 6.87. The van der Waals surface area contributed by atoms with Crippen LogP contribution >= 0.6 is 11.6 Å². The zero-order chi connectivity index (χ0) is 14.0. The molecule has 2 rings (SSSR count). The SMILES string of the molecule is CN1CCC(N(C)C(=O)c2cc(Cl)ccc2N)CC1. The molecule has 0 aromatic heterocycles. The molecule has 2 N–H and O–H groups in total. The third kappa shape index (κ3) is 3.19. The van der Waals surface area contributed by atoms with Gasteiger partial charge in [-0.05, 0) is 51.2 Å². The molecule has 104 valence electrons. The van der Waals surface area contributed by atoms with Gasteiger partial charge in [0.15, 0.2) is 0 Å². The van der Waals surface area contributed by atoms with Crippen LogP contribution in [0.2, 0.25) is 5.02 Å². The van der Waals surface area contributed by atoms with Crippen LogP contribution in [0.1, 0.15) is 23.2 Å². The minimum absolute atomic E-state index is 0.0467. The van der Waals surface area contributed by atoms with Gasteiger partial charge in [-0.2, -0.15) is 0 Å². The molecule has 1 amide bonds. The number of nitrogens with two attached hydrogens (primary N) is 1. The first-order valence-electron chi connectivity index (χ1n) is 6.50. The summed E-state index contributed by atoms with van der Waals surface area (Å²) in [5.41, 5.74) is 6.84. The van der Waals surface area contributed by atoms with E-state index in [0.29, 0.717) is 16.3 Å². The lowest BCUT2D eigenvalue weighted by Gasteiger charge is -2.35. The Kier molecular flexibility index (Phi) is 4.32. The average Bonchev–Trinajstić information content (AvgIpc) is 2.41. The van der Waals surface area contributed by atoms with Crippen LogP contribution in [0.15, 0.2) is 18.2 Å². The van der Waals surface area contributed by atoms with E-state index in [1.54, 1.807) is 23.1 Å². The molecule has 1 aromatic rings. The Labute approximate surface area is 119 Å². The van der Waals surface area contributed by atoms with E-state index in [4.69, 9.17) is 17.3 Å². The Bertz CT molecular complexity index is 470. The van der Waals surface area contributed by atoms with Crippen molar-refractivity contribution in [1.82, 2.24) is 9.80 Å². The van der Waals surface area contributed by atoms with Crippen molar-refractivity contribution in [3.8, 4) is 0 Å². The zero-order valence-electron chi connectivity index (χ0n) is 11.4. The predicted molar refractivity (Wildman–Crippen MR) is 78.5 cm³/mol. The van der Waals surface area contributed by atoms with E-state index in [0.717, 1.165) is 25.9 Å². The van der Waals surface area contributed by atoms with Crippen molar-refractivity contribution in [3.63, 3.8) is 0 Å². The molecule has 1 aliphatic heterocycles. The maximum atomic E-state index is 12.5. The Morgan fingerprint density at radius 2 is 2.05 bits per heavy atom. The van der Waals surface area contributed by atoms with Gasteiger partial charge in [0.2, 0.25) is 0 Å². The van der Waals surface area contributed by atoms with Gasteiger partial charge in [-0.1, -0.05) is 11.6 Å². The molecular formula is C14H20ClN3O. The van der Waals surface area contributed by atoms with Crippen LogP contribution in [0, 0.1) is 0 Å². The van der Waals surface area contributed by atoms with Gasteiger partial charge in [0.25, 0.3) is 5.91 Å². The molecule has 1 aliphatic rings. The number of piperidine rings is 1. The van der Waals surface area contributed by atoms with Crippen LogP contribution in [0.5, 0.6) is 0 Å². The number of benzene rings is 1. The number of anilines is 1. The summed E-state index contributed by atoms with van der Waals surface area (Å²) < 4.78 is 0. The Morgan fingerprint density at radius 3 is 2.68 bits per heavy atom. The number of likely N-dealkylation sites (tertiary alicyclic amines) is 1. The van der Waals surface area contributed by atoms with Crippen molar-refractivity contribution >= 4 is 23.2 Å². The van der Waals surface area contributed by atoms with Crippen LogP contribution in [-0.4, -0.2) is 48.9 Å². The van der Waals surface area contributed by atoms with Crippen molar-refractivity contribution in [3.05, 3.63) is 28.8 Å². The lowest BCUT2D eigenvalue weighted by Crippen LogP contribution is -2.44. The van der Waals surface area contributed by atoms with Gasteiger partial charge in [0, 0.05) is 23.8 Å². The average molecular weight is 282 g/mol. The van der Waals surface area contributed by atoms with Crippen LogP contribution in [0.3, 0.4) is 0 Å². The van der Waals surface area contributed by atoms with Crippen LogP contribution < -0.4 is 5.73 Å². The Morgan fingerprint density at radius 1 is 1.42 bits per heavy atom. The van der Waals surface area contributed by atoms with Crippen LogP contribution in [0.25, 0.3) is 0 Å². The fraction of sp³-hybridized carbons (Fsp3) is 0.500. The maximum Gasteiger partial charge on any atom is 0.255 e. The molecule has 19 heavy (non-hydrogen) atoms. The highest BCUT2D eigenvalue weighted by molar-refractivity contribution is 6.31. The summed E-state index contributed by atoms with van der Waals surface area (Å²) in [4.78, 5) is 16.6. The van der Waals surface area contributed by atoms with E-state index in [9.17, 15) is 4.79 Å². The Hall–Kier alpha value is -1.26. The molecular weight excluding hydrogens is 262 g/mol. The molecule has 0 radical (unpaired) electrons. The number of halogens is 1. The van der Waals surface area contributed by atoms with Crippen molar-refractivity contribution in [2.45, 2.75) is 18.9 Å². The second kappa shape index (κ2) is 5.80. The van der Waals surface area contributed by atoms with E-state index in [1.165, 1.54) is 0 Å². The second-order valence-electron chi connectivity index (χ2n) is 5.18. The molecule has 4 nitrogen and oxygen atoms in total. The van der Waals surface area contributed by atoms with E-state index >= 15 is 0 Å². The molecule has 0 bridgehead atoms. The fourth-order valence-electron chi connectivity index (χ4n) is 2.45. The van der Waals surface area contributed by atoms with Crippen molar-refractivity contribution in [2.75, 3.05) is 32.9 Å². The topological polar surface area (TPSA) is 49.6 Å². The van der Waals surface area contributed by atoms with E-state index in [-0.39, 0.29) is 11.9 Å². The minimum Gasteiger partial charge on any atom is -0.398 e. The highest BCUT2D eigenvalue weighted by Crippen LogP contribution is 2.22. The van der Waals surface area contributed by atoms with Crippen molar-refractivity contribution < 1.29 is 4.79 Å². The molecule has 1 fully saturated rings. The summed E-state index contributed by atoms with van der Waals surface area (Å²) in [6, 6.07) is 5.30. The Balaban J connectivity index is 2.12. The molecule has 1 heterocycles. The fourth-order valence-corrected chi connectivity index (χ4v) is 2.62. The van der Waals surface area contributed by atoms with Gasteiger partial charge in [-0.15, -0.1) is 0 Å². The number of nitrogens with zero attached hydrogens (tertiary/aromatic N) is 2. The molecule has 0 spiro atoms. The van der Waals surface area contributed by atoms with E-state index in [1.807, 2.05) is 7.05 Å². The first kappa shape index (κ1) is 14.2. The van der Waals surface area contributed by atoms with Crippen LogP contribution in [-0.2, 0) is 0 Å². The molecule has 0 aliphatic carbocycles. The summed E-state index contributed by atoms with van der Waals surface area (Å²) in [5, 5.41) is 0.536. The zero-order valence-corrected chi connectivity index (χ0v) is 12.2. The van der Waals surface area contributed by atoms with Gasteiger partial charge in [-0.25, -0.2) is 0 Å². The highest BCUT2D eigenvalue weighted by Gasteiger charge is 2.25. The second-order valence-corrected chi connectivity index (χ2v) is 5.62. The van der Waals surface area contributed by atoms with Crippen LogP contribution in [0.4, 0.5) is 5.69 Å². The third-order valence-corrected chi connectivity index (χ3v) is 4.04. The summed E-state index contributed by atoms with van der Waals surface area (Å²) in [5.74, 6) is -0.0467. The quantitative estimate of drug-likeness (QED) is 0.845. The smallest absolute Gasteiger partial charge is 0.255 e. The summed E-state index contributed by atoms with van der Waals surface area (Å²) in [7, 11) is 3.95. The van der Waals surface area contributed by atoms with Gasteiger partial charge in [0.1, 0.15) is 0 Å². The van der Waals surface area contributed by atoms with Gasteiger partial charge in [-0.3, -0.25) is 4.79 Å². The number of carbonyl (C=O) groups is 1. The molecule has 0 unspecified atom stereocenters. The number of nitrogen functional groups attached to an aromatic ring is 1. The number of rotatable bonds is 2. The number of amides is 1.